The SMILES string of the molecule is COc1ccc(N(Cc2cccnc2)c2ccc(C(=O)O)c(Cl)c2)c2cc(C(C)=O)oc12. The molecule has 4 rings (SSSR count). The summed E-state index contributed by atoms with van der Waals surface area (Å²) >= 11 is 6.27. The highest BCUT2D eigenvalue weighted by molar-refractivity contribution is 6.33. The third-order valence-corrected chi connectivity index (χ3v) is 5.35. The van der Waals surface area contributed by atoms with Crippen LogP contribution in [-0.2, 0) is 6.54 Å². The van der Waals surface area contributed by atoms with E-state index >= 15 is 0 Å². The smallest absolute Gasteiger partial charge is 0.337 e. The number of fused-ring (bicyclic) bond motifs is 1. The number of hydrogen-bond donors (Lipinski definition) is 1. The van der Waals surface area contributed by atoms with Crippen LogP contribution in [0.1, 0.15) is 33.4 Å². The molecule has 2 heterocycles. The molecule has 0 spiro atoms. The fourth-order valence-corrected chi connectivity index (χ4v) is 3.74. The van der Waals surface area contributed by atoms with Crippen LogP contribution in [-0.4, -0.2) is 29.0 Å². The zero-order valence-corrected chi connectivity index (χ0v) is 18.1. The average molecular weight is 451 g/mol. The number of benzene rings is 2. The Bertz CT molecular complexity index is 1320. The van der Waals surface area contributed by atoms with E-state index in [1.165, 1.54) is 20.1 Å². The lowest BCUT2D eigenvalue weighted by atomic mass is 10.1. The lowest BCUT2D eigenvalue weighted by Crippen LogP contribution is -2.17. The third kappa shape index (κ3) is 4.02. The molecule has 7 nitrogen and oxygen atoms in total. The number of anilines is 2. The van der Waals surface area contributed by atoms with Crippen LogP contribution in [0.2, 0.25) is 5.02 Å². The van der Waals surface area contributed by atoms with E-state index in [0.717, 1.165) is 11.3 Å². The van der Waals surface area contributed by atoms with Gasteiger partial charge in [-0.3, -0.25) is 9.78 Å². The van der Waals surface area contributed by atoms with E-state index in [-0.39, 0.29) is 22.1 Å². The topological polar surface area (TPSA) is 92.9 Å². The van der Waals surface area contributed by atoms with Crippen molar-refractivity contribution in [3.8, 4) is 5.75 Å². The summed E-state index contributed by atoms with van der Waals surface area (Å²) in [5, 5.41) is 10.1. The summed E-state index contributed by atoms with van der Waals surface area (Å²) in [6.07, 6.45) is 3.43. The second-order valence-electron chi connectivity index (χ2n) is 7.11. The standard InChI is InChI=1S/C24H19ClN2O5/c1-14(28)22-11-18-20(7-8-21(31-2)23(18)32-22)27(13-15-4-3-9-26-12-15)16-5-6-17(24(29)30)19(25)10-16/h3-12H,13H2,1-2H3,(H,29,30). The van der Waals surface area contributed by atoms with Crippen molar-refractivity contribution in [2.45, 2.75) is 13.5 Å². The number of furan rings is 1. The Labute approximate surface area is 188 Å². The molecule has 8 heteroatoms. The largest absolute Gasteiger partial charge is 0.493 e. The first-order chi connectivity index (χ1) is 15.4. The average Bonchev–Trinajstić information content (AvgIpc) is 3.23. The van der Waals surface area contributed by atoms with E-state index in [4.69, 9.17) is 20.8 Å². The quantitative estimate of drug-likeness (QED) is 0.359. The number of rotatable bonds is 7. The van der Waals surface area contributed by atoms with Gasteiger partial charge in [0.15, 0.2) is 22.9 Å². The van der Waals surface area contributed by atoms with E-state index in [1.807, 2.05) is 23.1 Å². The molecule has 1 N–H and O–H groups in total. The number of carboxylic acid groups (broad SMARTS) is 1. The minimum atomic E-state index is -1.10. The molecule has 2 aromatic heterocycles. The van der Waals surface area contributed by atoms with Crippen molar-refractivity contribution in [2.24, 2.45) is 0 Å². The van der Waals surface area contributed by atoms with Crippen LogP contribution in [0.4, 0.5) is 11.4 Å². The Morgan fingerprint density at radius 3 is 2.62 bits per heavy atom. The monoisotopic (exact) mass is 450 g/mol. The Kier molecular flexibility index (Phi) is 5.83. The fourth-order valence-electron chi connectivity index (χ4n) is 3.49. The van der Waals surface area contributed by atoms with Crippen molar-refractivity contribution in [1.29, 1.82) is 0 Å². The molecule has 0 aliphatic carbocycles. The lowest BCUT2D eigenvalue weighted by Gasteiger charge is -2.26. The van der Waals surface area contributed by atoms with Gasteiger partial charge in [0.25, 0.3) is 0 Å². The number of nitrogens with zero attached hydrogens (tertiary/aromatic N) is 2. The number of Topliss-reactive ketones (excluding diaryl/α,β-unsaturated/α-hetero) is 1. The number of hydrogen-bond acceptors (Lipinski definition) is 6. The summed E-state index contributed by atoms with van der Waals surface area (Å²) in [5.41, 5.74) is 2.78. The van der Waals surface area contributed by atoms with Crippen LogP contribution in [0, 0.1) is 0 Å². The maximum atomic E-state index is 12.0. The van der Waals surface area contributed by atoms with Gasteiger partial charge >= 0.3 is 5.97 Å². The number of halogens is 1. The molecule has 0 saturated heterocycles. The van der Waals surface area contributed by atoms with Crippen molar-refractivity contribution in [3.63, 3.8) is 0 Å². The number of carboxylic acids is 1. The number of ether oxygens (including phenoxy) is 1. The van der Waals surface area contributed by atoms with Crippen LogP contribution >= 0.6 is 11.6 Å². The first-order valence-electron chi connectivity index (χ1n) is 9.69. The summed E-state index contributed by atoms with van der Waals surface area (Å²) in [7, 11) is 1.53. The minimum absolute atomic E-state index is 0.0128. The number of carbonyl (C=O) groups is 2. The number of methoxy groups -OCH3 is 1. The molecule has 0 atom stereocenters. The van der Waals surface area contributed by atoms with Crippen LogP contribution < -0.4 is 9.64 Å². The predicted molar refractivity (Wildman–Crippen MR) is 121 cm³/mol. The zero-order chi connectivity index (χ0) is 22.8. The molecule has 32 heavy (non-hydrogen) atoms. The molecule has 0 unspecified atom stereocenters. The van der Waals surface area contributed by atoms with Crippen molar-refractivity contribution in [2.75, 3.05) is 12.0 Å². The van der Waals surface area contributed by atoms with Crippen molar-refractivity contribution in [3.05, 3.63) is 82.8 Å². The minimum Gasteiger partial charge on any atom is -0.493 e. The van der Waals surface area contributed by atoms with E-state index in [9.17, 15) is 14.7 Å². The molecule has 0 aliphatic rings. The van der Waals surface area contributed by atoms with Crippen molar-refractivity contribution >= 4 is 45.7 Å². The molecular formula is C24H19ClN2O5. The van der Waals surface area contributed by atoms with Crippen LogP contribution in [0.15, 0.2) is 65.3 Å². The molecule has 0 amide bonds. The highest BCUT2D eigenvalue weighted by atomic mass is 35.5. The van der Waals surface area contributed by atoms with Crippen molar-refractivity contribution in [1.82, 2.24) is 4.98 Å². The molecule has 0 saturated carbocycles. The van der Waals surface area contributed by atoms with Crippen LogP contribution in [0.3, 0.4) is 0 Å². The number of carbonyl (C=O) groups excluding carboxylic acids is 1. The Morgan fingerprint density at radius 1 is 1.19 bits per heavy atom. The highest BCUT2D eigenvalue weighted by Crippen LogP contribution is 2.40. The van der Waals surface area contributed by atoms with Gasteiger partial charge in [0.05, 0.1) is 23.4 Å². The van der Waals surface area contributed by atoms with Crippen LogP contribution in [0.5, 0.6) is 5.75 Å². The second kappa shape index (κ2) is 8.72. The van der Waals surface area contributed by atoms with E-state index in [1.54, 1.807) is 36.7 Å². The summed E-state index contributed by atoms with van der Waals surface area (Å²) in [5.74, 6) is -0.599. The van der Waals surface area contributed by atoms with E-state index < -0.39 is 5.97 Å². The molecular weight excluding hydrogens is 432 g/mol. The number of ketones is 1. The summed E-state index contributed by atoms with van der Waals surface area (Å²) in [4.78, 5) is 29.5. The molecule has 0 fully saturated rings. The van der Waals surface area contributed by atoms with Gasteiger partial charge in [0, 0.05) is 36.9 Å². The Morgan fingerprint density at radius 2 is 2.00 bits per heavy atom. The maximum absolute atomic E-state index is 12.0. The number of aromatic carboxylic acids is 1. The maximum Gasteiger partial charge on any atom is 0.337 e. The van der Waals surface area contributed by atoms with Gasteiger partial charge in [0.1, 0.15) is 0 Å². The molecule has 0 radical (unpaired) electrons. The van der Waals surface area contributed by atoms with Gasteiger partial charge in [0.2, 0.25) is 0 Å². The molecule has 4 aromatic rings. The lowest BCUT2D eigenvalue weighted by molar-refractivity contribution is 0.0697. The Hall–Kier alpha value is -3.84. The van der Waals surface area contributed by atoms with Gasteiger partial charge in [-0.25, -0.2) is 4.79 Å². The van der Waals surface area contributed by atoms with Crippen molar-refractivity contribution < 1.29 is 23.8 Å². The van der Waals surface area contributed by atoms with E-state index in [0.29, 0.717) is 29.0 Å². The fraction of sp³-hybridized carbons (Fsp3) is 0.125. The van der Waals surface area contributed by atoms with E-state index in [2.05, 4.69) is 4.98 Å². The van der Waals surface area contributed by atoms with Gasteiger partial charge in [-0.05, 0) is 48.0 Å². The molecule has 0 bridgehead atoms. The second-order valence-corrected chi connectivity index (χ2v) is 7.52. The molecule has 2 aromatic carbocycles. The first kappa shape index (κ1) is 21.4. The Balaban J connectivity index is 1.92. The summed E-state index contributed by atoms with van der Waals surface area (Å²) < 4.78 is 11.2. The normalized spacial score (nSPS) is 10.8. The summed E-state index contributed by atoms with van der Waals surface area (Å²) in [6.45, 7) is 1.85. The number of aromatic nitrogens is 1. The first-order valence-corrected chi connectivity index (χ1v) is 10.1. The summed E-state index contributed by atoms with van der Waals surface area (Å²) in [6, 6.07) is 13.8. The molecule has 162 valence electrons. The third-order valence-electron chi connectivity index (χ3n) is 5.04. The number of pyridine rings is 1. The van der Waals surface area contributed by atoms with Gasteiger partial charge in [-0.15, -0.1) is 0 Å². The van der Waals surface area contributed by atoms with Crippen LogP contribution in [0.25, 0.3) is 11.0 Å². The van der Waals surface area contributed by atoms with Gasteiger partial charge in [-0.2, -0.15) is 0 Å². The zero-order valence-electron chi connectivity index (χ0n) is 17.3. The van der Waals surface area contributed by atoms with Gasteiger partial charge < -0.3 is 19.2 Å². The predicted octanol–water partition coefficient (Wildman–Crippen LogP) is 5.73. The molecule has 0 aliphatic heterocycles. The van der Waals surface area contributed by atoms with Gasteiger partial charge in [-0.1, -0.05) is 17.7 Å². The highest BCUT2D eigenvalue weighted by Gasteiger charge is 2.21.